The number of hydrogen-bond acceptors (Lipinski definition) is 24. The van der Waals surface area contributed by atoms with E-state index in [4.69, 9.17) is 33.4 Å². The summed E-state index contributed by atoms with van der Waals surface area (Å²) in [5, 5.41) is 10.1. The number of unbranched alkanes of at least 4 members (excludes halogenated alkanes) is 1. The highest BCUT2D eigenvalue weighted by atomic mass is 32.2. The molecule has 31 nitrogen and oxygen atoms in total. The number of esters is 4. The molecule has 111 heavy (non-hydrogen) atoms. The number of benzene rings is 2. The number of aromatic nitrogens is 1. The van der Waals surface area contributed by atoms with Crippen molar-refractivity contribution in [1.82, 2.24) is 45.7 Å². The van der Waals surface area contributed by atoms with Crippen LogP contribution in [-0.4, -0.2) is 234 Å². The number of fused-ring (bicyclic) bond motifs is 2. The fourth-order valence-electron chi connectivity index (χ4n) is 13.3. The molecule has 0 saturated carbocycles. The number of hydrogen-bond donors (Lipinski definition) is 6. The Morgan fingerprint density at radius 2 is 1.15 bits per heavy atom. The summed E-state index contributed by atoms with van der Waals surface area (Å²) in [5.74, 6) is -5.13. The summed E-state index contributed by atoms with van der Waals surface area (Å²) >= 11 is 0. The third-order valence-electron chi connectivity index (χ3n) is 18.2. The first kappa shape index (κ1) is 92.3. The van der Waals surface area contributed by atoms with Gasteiger partial charge in [0.15, 0.2) is 0 Å². The third-order valence-corrected chi connectivity index (χ3v) is 22.8. The van der Waals surface area contributed by atoms with E-state index < -0.39 is 143 Å². The number of pyridine rings is 1. The molecule has 0 spiro atoms. The molecule has 3 aromatic rings. The van der Waals surface area contributed by atoms with Gasteiger partial charge in [0.2, 0.25) is 33.7 Å². The topological polar surface area (TPSA) is 401 Å². The van der Waals surface area contributed by atoms with Crippen LogP contribution in [0.1, 0.15) is 193 Å². The lowest BCUT2D eigenvalue weighted by molar-refractivity contribution is -0.163. The molecule has 622 valence electrons. The van der Waals surface area contributed by atoms with Gasteiger partial charge >= 0.3 is 23.9 Å². The maximum absolute atomic E-state index is 14.7. The minimum absolute atomic E-state index is 0.00592. The van der Waals surface area contributed by atoms with E-state index in [1.54, 1.807) is 88.0 Å². The first-order valence-electron chi connectivity index (χ1n) is 37.9. The quantitative estimate of drug-likeness (QED) is 0.0177. The van der Waals surface area contributed by atoms with Gasteiger partial charge in [0.25, 0.3) is 20.1 Å². The van der Waals surface area contributed by atoms with E-state index in [0.29, 0.717) is 74.3 Å². The summed E-state index contributed by atoms with van der Waals surface area (Å²) < 4.78 is 131. The Morgan fingerprint density at radius 3 is 1.72 bits per heavy atom. The van der Waals surface area contributed by atoms with E-state index in [1.165, 1.54) is 30.3 Å². The second-order valence-electron chi connectivity index (χ2n) is 33.4. The number of ether oxygens (including phenoxy) is 6. The molecular formula is C77H120N10O21S3. The number of aryl methyl sites for hydroxylation is 4. The zero-order chi connectivity index (χ0) is 83.2. The zero-order valence-corrected chi connectivity index (χ0v) is 70.7. The van der Waals surface area contributed by atoms with Gasteiger partial charge < -0.3 is 49.7 Å². The summed E-state index contributed by atoms with van der Waals surface area (Å²) in [6.45, 7) is 33.9. The standard InChI is InChI=1S/C77H120N10O21S3/c1-49-42-56(43-50(2)67(49)110(99,100)83-58(71(94)107-75(12,13)14)45-80-62(89)26-21-20-25-55-29-28-54-24-22-34-87(69(54)81-55)111(101,102)68-52(4)51(3)66-57(53(68)5)44-77(18,19)106-66)103-41-23-27-61(88)78-32-33-79-70(93)59(48-109(96,97)98)82-63(90)31-30-60(72(95)108-76(15,16)17)86-39-37-84(46-64(91)104-73(6,7)8)35-36-85(38-40-86)47-65(92)105-74(9,10)11/h28-29,42-43,58-60,83H,20-27,30-41,44-48H2,1-19H3,(H,78,88)(H,79,93)(H,80,89)(H,82,90)(H,96,97,98)/t58-,59-,60+/m0/s1. The van der Waals surface area contributed by atoms with Crippen molar-refractivity contribution in [2.24, 2.45) is 0 Å². The van der Waals surface area contributed by atoms with E-state index in [-0.39, 0.29) is 118 Å². The molecule has 2 aromatic carbocycles. The van der Waals surface area contributed by atoms with Gasteiger partial charge in [0.1, 0.15) is 69.2 Å². The number of sulfonamides is 2. The SMILES string of the molecule is Cc1cc(OCCCC(=O)NCCNC(=O)[C@H](CS(=O)(=O)O)NC(=O)CC[C@H](C(=O)OC(C)(C)C)N2CCN(CC(=O)OC(C)(C)C)CCN(CC(=O)OC(C)(C)C)CC2)cc(C)c1S(=O)(=O)N[C@@H](CNC(=O)CCCCc1ccc2c(n1)N(S(=O)(=O)c1c(C)c(C)c3c(c1C)CC(C)(C)O3)CCC2)C(=O)OC(C)(C)C. The molecule has 3 aliphatic heterocycles. The van der Waals surface area contributed by atoms with Crippen LogP contribution < -0.4 is 39.8 Å². The van der Waals surface area contributed by atoms with Crippen LogP contribution in [0.25, 0.3) is 0 Å². The molecule has 0 unspecified atom stereocenters. The molecule has 6 rings (SSSR count). The summed E-state index contributed by atoms with van der Waals surface area (Å²) in [6.07, 6.45) is 2.73. The Morgan fingerprint density at radius 1 is 0.613 bits per heavy atom. The van der Waals surface area contributed by atoms with Crippen molar-refractivity contribution in [3.8, 4) is 11.5 Å². The average molecular weight is 1620 g/mol. The van der Waals surface area contributed by atoms with Crippen molar-refractivity contribution in [3.63, 3.8) is 0 Å². The van der Waals surface area contributed by atoms with E-state index >= 15 is 0 Å². The maximum Gasteiger partial charge on any atom is 0.326 e. The van der Waals surface area contributed by atoms with Crippen LogP contribution in [0.3, 0.4) is 0 Å². The Kier molecular flexibility index (Phi) is 32.0. The van der Waals surface area contributed by atoms with Gasteiger partial charge in [-0.2, -0.15) is 13.1 Å². The number of rotatable bonds is 34. The van der Waals surface area contributed by atoms with Gasteiger partial charge in [-0.05, 0) is 228 Å². The minimum atomic E-state index is -4.87. The minimum Gasteiger partial charge on any atom is -0.494 e. The molecule has 1 aromatic heterocycles. The summed E-state index contributed by atoms with van der Waals surface area (Å²) in [6, 6.07) is 2.30. The van der Waals surface area contributed by atoms with E-state index in [0.717, 1.165) is 22.4 Å². The molecule has 4 heterocycles. The first-order valence-corrected chi connectivity index (χ1v) is 42.5. The Hall–Kier alpha value is -7.60. The molecule has 34 heteroatoms. The van der Waals surface area contributed by atoms with Crippen molar-refractivity contribution in [2.75, 3.05) is 95.2 Å². The van der Waals surface area contributed by atoms with Crippen molar-refractivity contribution >= 4 is 83.5 Å². The molecule has 0 radical (unpaired) electrons. The smallest absolute Gasteiger partial charge is 0.326 e. The summed E-state index contributed by atoms with van der Waals surface area (Å²) in [7, 11) is -13.4. The van der Waals surface area contributed by atoms with Crippen molar-refractivity contribution in [2.45, 2.75) is 258 Å². The lowest BCUT2D eigenvalue weighted by Gasteiger charge is -2.34. The van der Waals surface area contributed by atoms with Crippen LogP contribution in [0.15, 0.2) is 34.1 Å². The fourth-order valence-corrected chi connectivity index (χ4v) is 17.7. The van der Waals surface area contributed by atoms with Gasteiger partial charge in [0, 0.05) is 102 Å². The lowest BCUT2D eigenvalue weighted by atomic mass is 9.94. The first-order chi connectivity index (χ1) is 51.2. The fraction of sp³-hybridized carbons (Fsp3) is 0.675. The molecular weight excluding hydrogens is 1500 g/mol. The molecule has 0 bridgehead atoms. The second kappa shape index (κ2) is 38.5. The van der Waals surface area contributed by atoms with Crippen molar-refractivity contribution < 1.29 is 96.6 Å². The van der Waals surface area contributed by atoms with Gasteiger partial charge in [-0.1, -0.05) is 6.07 Å². The molecule has 3 atom stereocenters. The third kappa shape index (κ3) is 29.4. The normalized spacial score (nSPS) is 16.4. The summed E-state index contributed by atoms with van der Waals surface area (Å²) in [4.78, 5) is 118. The number of amides is 4. The lowest BCUT2D eigenvalue weighted by Crippen LogP contribution is -2.52. The Balaban J connectivity index is 0.981. The predicted molar refractivity (Wildman–Crippen MR) is 417 cm³/mol. The molecule has 4 amide bonds. The number of anilines is 1. The monoisotopic (exact) mass is 1620 g/mol. The van der Waals surface area contributed by atoms with Crippen molar-refractivity contribution in [1.29, 1.82) is 0 Å². The van der Waals surface area contributed by atoms with Crippen LogP contribution in [-0.2, 0) is 107 Å². The average Bonchev–Trinajstić information content (AvgIpc) is 1.70. The Labute approximate surface area is 656 Å². The molecule has 1 fully saturated rings. The Bertz CT molecular complexity index is 4150. The van der Waals surface area contributed by atoms with Crippen LogP contribution >= 0.6 is 0 Å². The molecule has 6 N–H and O–H groups in total. The number of carbonyl (C=O) groups is 8. The van der Waals surface area contributed by atoms with Crippen LogP contribution in [0.4, 0.5) is 5.82 Å². The van der Waals surface area contributed by atoms with Gasteiger partial charge in [-0.3, -0.25) is 57.6 Å². The van der Waals surface area contributed by atoms with Gasteiger partial charge in [-0.15, -0.1) is 0 Å². The number of carbonyl (C=O) groups excluding carboxylic acids is 8. The van der Waals surface area contributed by atoms with Crippen LogP contribution in [0.5, 0.6) is 11.5 Å². The molecule has 1 saturated heterocycles. The highest BCUT2D eigenvalue weighted by Gasteiger charge is 2.41. The number of nitrogens with zero attached hydrogens (tertiary/aromatic N) is 5. The van der Waals surface area contributed by atoms with Gasteiger partial charge in [0.05, 0.1) is 29.5 Å². The van der Waals surface area contributed by atoms with E-state index in [1.807, 2.05) is 56.6 Å². The maximum atomic E-state index is 14.7. The van der Waals surface area contributed by atoms with E-state index in [2.05, 4.69) is 26.0 Å². The van der Waals surface area contributed by atoms with E-state index in [9.17, 15) is 68.2 Å². The number of nitrogens with one attached hydrogen (secondary N) is 5. The zero-order valence-electron chi connectivity index (χ0n) is 68.3. The van der Waals surface area contributed by atoms with Crippen molar-refractivity contribution in [3.05, 3.63) is 68.9 Å². The highest BCUT2D eigenvalue weighted by molar-refractivity contribution is 7.93. The molecule has 0 aliphatic carbocycles. The summed E-state index contributed by atoms with van der Waals surface area (Å²) in [5.41, 5.74) is 1.03. The largest absolute Gasteiger partial charge is 0.494 e. The van der Waals surface area contributed by atoms with Gasteiger partial charge in [-0.25, -0.2) is 26.1 Å². The van der Waals surface area contributed by atoms with Crippen LogP contribution in [0.2, 0.25) is 0 Å². The van der Waals surface area contributed by atoms with Crippen LogP contribution in [0, 0.1) is 34.6 Å². The second-order valence-corrected chi connectivity index (χ2v) is 38.4. The molecule has 3 aliphatic rings. The highest BCUT2D eigenvalue weighted by Crippen LogP contribution is 2.45. The predicted octanol–water partition coefficient (Wildman–Crippen LogP) is 5.85.